The molecule has 1 aliphatic heterocycles. The minimum atomic E-state index is -0.524. The molecule has 7 heteroatoms. The fraction of sp³-hybridized carbons (Fsp3) is 0.136. The number of nitro groups is 1. The van der Waals surface area contributed by atoms with Gasteiger partial charge in [0.1, 0.15) is 12.7 Å². The maximum Gasteiger partial charge on any atom is 0.310 e. The minimum Gasteiger partial charge on any atom is -0.484 e. The first kappa shape index (κ1) is 18.6. The third-order valence-electron chi connectivity index (χ3n) is 4.46. The number of para-hydroxylation sites is 2. The molecule has 3 aromatic rings. The quantitative estimate of drug-likeness (QED) is 0.340. The number of benzene rings is 3. The van der Waals surface area contributed by atoms with E-state index < -0.39 is 4.92 Å². The third kappa shape index (κ3) is 4.25. The van der Waals surface area contributed by atoms with Crippen molar-refractivity contribution < 1.29 is 19.2 Å². The van der Waals surface area contributed by atoms with Crippen molar-refractivity contribution in [2.75, 3.05) is 18.1 Å². The molecular weight excluding hydrogens is 372 g/mol. The highest BCUT2D eigenvalue weighted by Crippen LogP contribution is 2.32. The summed E-state index contributed by atoms with van der Waals surface area (Å²) in [5.41, 5.74) is 1.48. The summed E-state index contributed by atoms with van der Waals surface area (Å²) in [4.78, 5) is 25.8. The lowest BCUT2D eigenvalue weighted by molar-refractivity contribution is -0.385. The summed E-state index contributed by atoms with van der Waals surface area (Å²) in [5.74, 6) is -0.262. The van der Waals surface area contributed by atoms with E-state index in [-0.39, 0.29) is 35.6 Å². The van der Waals surface area contributed by atoms with E-state index >= 15 is 0 Å². The van der Waals surface area contributed by atoms with E-state index in [9.17, 15) is 14.9 Å². The van der Waals surface area contributed by atoms with Gasteiger partial charge in [-0.2, -0.15) is 0 Å². The monoisotopic (exact) mass is 390 g/mol. The molecule has 1 heterocycles. The second-order valence-electron chi connectivity index (χ2n) is 6.52. The number of rotatable bonds is 7. The van der Waals surface area contributed by atoms with Crippen LogP contribution in [0.15, 0.2) is 78.9 Å². The van der Waals surface area contributed by atoms with Crippen LogP contribution in [0.4, 0.5) is 17.1 Å². The first-order chi connectivity index (χ1) is 14.1. The van der Waals surface area contributed by atoms with Crippen molar-refractivity contribution in [2.24, 2.45) is 0 Å². The summed E-state index contributed by atoms with van der Waals surface area (Å²) >= 11 is 0. The van der Waals surface area contributed by atoms with Gasteiger partial charge in [0.25, 0.3) is 5.91 Å². The van der Waals surface area contributed by atoms with E-state index in [4.69, 9.17) is 9.47 Å². The van der Waals surface area contributed by atoms with E-state index in [1.807, 2.05) is 60.7 Å². The van der Waals surface area contributed by atoms with E-state index in [0.29, 0.717) is 18.0 Å². The second kappa shape index (κ2) is 8.12. The number of carbonyl (C=O) groups excluding carboxylic acids is 1. The van der Waals surface area contributed by atoms with Crippen LogP contribution in [-0.4, -0.2) is 30.1 Å². The maximum absolute atomic E-state index is 13.4. The Morgan fingerprint density at radius 2 is 1.62 bits per heavy atom. The van der Waals surface area contributed by atoms with E-state index in [0.717, 1.165) is 0 Å². The van der Waals surface area contributed by atoms with Gasteiger partial charge in [-0.3, -0.25) is 19.8 Å². The summed E-state index contributed by atoms with van der Waals surface area (Å²) in [5, 5.41) is 11.3. The van der Waals surface area contributed by atoms with Crippen molar-refractivity contribution in [3.05, 3.63) is 94.5 Å². The summed E-state index contributed by atoms with van der Waals surface area (Å²) in [7, 11) is 0. The van der Waals surface area contributed by atoms with Gasteiger partial charge in [-0.05, 0) is 30.3 Å². The molecule has 1 unspecified atom stereocenters. The van der Waals surface area contributed by atoms with Crippen LogP contribution >= 0.6 is 0 Å². The minimum absolute atomic E-state index is 0.0532. The van der Waals surface area contributed by atoms with Gasteiger partial charge in [0.15, 0.2) is 5.75 Å². The van der Waals surface area contributed by atoms with Crippen LogP contribution in [0.1, 0.15) is 10.4 Å². The van der Waals surface area contributed by atoms with Gasteiger partial charge in [0, 0.05) is 29.1 Å². The van der Waals surface area contributed by atoms with Crippen LogP contribution in [0.25, 0.3) is 0 Å². The topological polar surface area (TPSA) is 85.2 Å². The van der Waals surface area contributed by atoms with Crippen LogP contribution in [0.2, 0.25) is 0 Å². The molecule has 0 saturated carbocycles. The molecule has 146 valence electrons. The molecule has 4 rings (SSSR count). The largest absolute Gasteiger partial charge is 0.484 e. The Kier molecular flexibility index (Phi) is 5.22. The second-order valence-corrected chi connectivity index (χ2v) is 6.52. The molecular formula is C22H18N2O5. The normalized spacial score (nSPS) is 14.8. The standard InChI is InChI=1S/C22H18N2O5/c25-22(23(17-7-3-1-4-8-17)18-9-5-2-6-10-18)16-11-12-20(24(26)27)21(13-16)29-15-19-14-28-19/h1-13,19H,14-15H2. The number of nitro benzene ring substituents is 1. The number of amides is 1. The highest BCUT2D eigenvalue weighted by molar-refractivity contribution is 6.11. The number of ether oxygens (including phenoxy) is 2. The van der Waals surface area contributed by atoms with Gasteiger partial charge >= 0.3 is 5.69 Å². The Balaban J connectivity index is 1.71. The Morgan fingerprint density at radius 3 is 2.14 bits per heavy atom. The molecule has 7 nitrogen and oxygen atoms in total. The van der Waals surface area contributed by atoms with Gasteiger partial charge < -0.3 is 9.47 Å². The number of carbonyl (C=O) groups is 1. The zero-order valence-electron chi connectivity index (χ0n) is 15.4. The summed E-state index contributed by atoms with van der Waals surface area (Å²) < 4.78 is 10.7. The number of anilines is 2. The summed E-state index contributed by atoms with van der Waals surface area (Å²) in [6.07, 6.45) is -0.0564. The average Bonchev–Trinajstić information content (AvgIpc) is 3.58. The maximum atomic E-state index is 13.4. The highest BCUT2D eigenvalue weighted by Gasteiger charge is 2.27. The zero-order chi connectivity index (χ0) is 20.2. The first-order valence-electron chi connectivity index (χ1n) is 9.11. The molecule has 0 spiro atoms. The van der Waals surface area contributed by atoms with Crippen LogP contribution in [0.5, 0.6) is 5.75 Å². The molecule has 1 aliphatic rings. The average molecular weight is 390 g/mol. The summed E-state index contributed by atoms with van der Waals surface area (Å²) in [6.45, 7) is 0.780. The van der Waals surface area contributed by atoms with Crippen molar-refractivity contribution in [2.45, 2.75) is 6.10 Å². The summed E-state index contributed by atoms with van der Waals surface area (Å²) in [6, 6.07) is 22.6. The smallest absolute Gasteiger partial charge is 0.310 e. The molecule has 29 heavy (non-hydrogen) atoms. The van der Waals surface area contributed by atoms with Gasteiger partial charge in [-0.15, -0.1) is 0 Å². The Labute approximate surface area is 167 Å². The molecule has 0 aliphatic carbocycles. The van der Waals surface area contributed by atoms with Crippen molar-refractivity contribution in [1.29, 1.82) is 0 Å². The molecule has 1 fully saturated rings. The van der Waals surface area contributed by atoms with Gasteiger partial charge in [-0.1, -0.05) is 36.4 Å². The number of hydrogen-bond donors (Lipinski definition) is 0. The molecule has 1 amide bonds. The van der Waals surface area contributed by atoms with Gasteiger partial charge in [0.2, 0.25) is 0 Å². The first-order valence-corrected chi connectivity index (χ1v) is 9.11. The SMILES string of the molecule is O=C(c1ccc([N+](=O)[O-])c(OCC2CO2)c1)N(c1ccccc1)c1ccccc1. The van der Waals surface area contributed by atoms with Crippen LogP contribution in [0.3, 0.4) is 0 Å². The van der Waals surface area contributed by atoms with E-state index in [1.54, 1.807) is 4.90 Å². The molecule has 1 saturated heterocycles. The van der Waals surface area contributed by atoms with Crippen LogP contribution in [0, 0.1) is 10.1 Å². The van der Waals surface area contributed by atoms with Crippen molar-refractivity contribution in [3.8, 4) is 5.75 Å². The predicted octanol–water partition coefficient (Wildman–Crippen LogP) is 4.35. The molecule has 3 aromatic carbocycles. The number of epoxide rings is 1. The molecule has 0 aromatic heterocycles. The van der Waals surface area contributed by atoms with Crippen LogP contribution < -0.4 is 9.64 Å². The Morgan fingerprint density at radius 1 is 1.03 bits per heavy atom. The van der Waals surface area contributed by atoms with E-state index in [1.165, 1.54) is 18.2 Å². The predicted molar refractivity (Wildman–Crippen MR) is 108 cm³/mol. The molecule has 0 radical (unpaired) electrons. The van der Waals surface area contributed by atoms with Crippen molar-refractivity contribution in [3.63, 3.8) is 0 Å². The fourth-order valence-corrected chi connectivity index (χ4v) is 2.93. The zero-order valence-corrected chi connectivity index (χ0v) is 15.4. The lowest BCUT2D eigenvalue weighted by atomic mass is 10.1. The van der Waals surface area contributed by atoms with Crippen molar-refractivity contribution >= 4 is 23.0 Å². The van der Waals surface area contributed by atoms with E-state index in [2.05, 4.69) is 0 Å². The number of hydrogen-bond acceptors (Lipinski definition) is 5. The third-order valence-corrected chi connectivity index (χ3v) is 4.46. The van der Waals surface area contributed by atoms with Crippen LogP contribution in [-0.2, 0) is 4.74 Å². The highest BCUT2D eigenvalue weighted by atomic mass is 16.6. The Bertz CT molecular complexity index is 980. The van der Waals surface area contributed by atoms with Gasteiger partial charge in [-0.25, -0.2) is 0 Å². The molecule has 1 atom stereocenters. The lowest BCUT2D eigenvalue weighted by Crippen LogP contribution is -2.26. The molecule has 0 bridgehead atoms. The molecule has 0 N–H and O–H groups in total. The van der Waals surface area contributed by atoms with Gasteiger partial charge in [0.05, 0.1) is 11.5 Å². The Hall–Kier alpha value is -3.71. The fourth-order valence-electron chi connectivity index (χ4n) is 2.93. The van der Waals surface area contributed by atoms with Crippen molar-refractivity contribution in [1.82, 2.24) is 0 Å². The number of nitrogens with zero attached hydrogens (tertiary/aromatic N) is 2. The lowest BCUT2D eigenvalue weighted by Gasteiger charge is -2.23.